The molecule has 0 amide bonds. The second kappa shape index (κ2) is 8.81. The summed E-state index contributed by atoms with van der Waals surface area (Å²) in [6, 6.07) is 27.6. The summed E-state index contributed by atoms with van der Waals surface area (Å²) in [6.45, 7) is 0. The standard InChI is InChI=1S/C24H18N2O4S/c27-24(23-15-7-10-19-9-4-5-14-22(19)23)30-20-11-6-8-18(16-20)17-25-26-31(28,29)21-12-2-1-3-13-21/h1-17,26H/b25-17-. The number of sulfonamides is 1. The molecule has 0 spiro atoms. The molecule has 0 aliphatic carbocycles. The van der Waals surface area contributed by atoms with Gasteiger partial charge >= 0.3 is 5.97 Å². The molecule has 0 radical (unpaired) electrons. The summed E-state index contributed by atoms with van der Waals surface area (Å²) in [5.41, 5.74) is 1.03. The fourth-order valence-corrected chi connectivity index (χ4v) is 3.86. The van der Waals surface area contributed by atoms with Gasteiger partial charge in [0.15, 0.2) is 0 Å². The lowest BCUT2D eigenvalue weighted by molar-refractivity contribution is 0.0737. The Balaban J connectivity index is 1.48. The van der Waals surface area contributed by atoms with Gasteiger partial charge in [-0.25, -0.2) is 9.63 Å². The van der Waals surface area contributed by atoms with Crippen LogP contribution in [0.1, 0.15) is 15.9 Å². The number of carbonyl (C=O) groups is 1. The molecule has 4 rings (SSSR count). The number of hydrogen-bond donors (Lipinski definition) is 1. The van der Waals surface area contributed by atoms with Crippen LogP contribution in [0.3, 0.4) is 0 Å². The first-order chi connectivity index (χ1) is 15.0. The maximum absolute atomic E-state index is 12.7. The van der Waals surface area contributed by atoms with Crippen molar-refractivity contribution in [3.63, 3.8) is 0 Å². The number of nitrogens with one attached hydrogen (secondary N) is 1. The monoisotopic (exact) mass is 430 g/mol. The van der Waals surface area contributed by atoms with Crippen LogP contribution in [0.2, 0.25) is 0 Å². The van der Waals surface area contributed by atoms with E-state index in [1.165, 1.54) is 18.3 Å². The normalized spacial score (nSPS) is 11.5. The Morgan fingerprint density at radius 2 is 1.55 bits per heavy atom. The molecular weight excluding hydrogens is 412 g/mol. The number of nitrogens with zero attached hydrogens (tertiary/aromatic N) is 1. The molecule has 6 nitrogen and oxygen atoms in total. The molecule has 0 bridgehead atoms. The highest BCUT2D eigenvalue weighted by molar-refractivity contribution is 7.89. The van der Waals surface area contributed by atoms with Crippen molar-refractivity contribution in [2.45, 2.75) is 4.90 Å². The van der Waals surface area contributed by atoms with Crippen LogP contribution < -0.4 is 9.57 Å². The Hall–Kier alpha value is -3.97. The first-order valence-electron chi connectivity index (χ1n) is 9.43. The summed E-state index contributed by atoms with van der Waals surface area (Å²) in [5.74, 6) is -0.150. The van der Waals surface area contributed by atoms with E-state index in [0.717, 1.165) is 10.8 Å². The summed E-state index contributed by atoms with van der Waals surface area (Å²) in [5, 5.41) is 5.56. The van der Waals surface area contributed by atoms with E-state index >= 15 is 0 Å². The number of ether oxygens (including phenoxy) is 1. The van der Waals surface area contributed by atoms with E-state index in [2.05, 4.69) is 9.93 Å². The topological polar surface area (TPSA) is 84.8 Å². The Bertz CT molecular complexity index is 1360. The molecule has 0 atom stereocenters. The van der Waals surface area contributed by atoms with Crippen LogP contribution in [0.15, 0.2) is 107 Å². The van der Waals surface area contributed by atoms with Crippen molar-refractivity contribution in [3.8, 4) is 5.75 Å². The van der Waals surface area contributed by atoms with Crippen LogP contribution in [0.5, 0.6) is 5.75 Å². The van der Waals surface area contributed by atoms with Crippen LogP contribution >= 0.6 is 0 Å². The number of benzene rings is 4. The molecule has 1 N–H and O–H groups in total. The molecule has 0 aromatic heterocycles. The largest absolute Gasteiger partial charge is 0.423 e. The Morgan fingerprint density at radius 1 is 0.839 bits per heavy atom. The minimum Gasteiger partial charge on any atom is -0.423 e. The van der Waals surface area contributed by atoms with Gasteiger partial charge in [0, 0.05) is 0 Å². The van der Waals surface area contributed by atoms with Crippen molar-refractivity contribution in [1.29, 1.82) is 0 Å². The zero-order valence-electron chi connectivity index (χ0n) is 16.3. The molecule has 0 aliphatic rings. The van der Waals surface area contributed by atoms with Gasteiger partial charge in [0.2, 0.25) is 0 Å². The lowest BCUT2D eigenvalue weighted by Crippen LogP contribution is -2.18. The first-order valence-corrected chi connectivity index (χ1v) is 10.9. The Morgan fingerprint density at radius 3 is 2.39 bits per heavy atom. The van der Waals surface area contributed by atoms with Crippen LogP contribution in [0.4, 0.5) is 0 Å². The molecule has 7 heteroatoms. The van der Waals surface area contributed by atoms with Gasteiger partial charge in [0.25, 0.3) is 10.0 Å². The number of rotatable bonds is 6. The zero-order valence-corrected chi connectivity index (χ0v) is 17.1. The molecular formula is C24H18N2O4S. The highest BCUT2D eigenvalue weighted by Gasteiger charge is 2.13. The van der Waals surface area contributed by atoms with Gasteiger partial charge in [0.05, 0.1) is 16.7 Å². The predicted octanol–water partition coefficient (Wildman–Crippen LogP) is 4.37. The first kappa shape index (κ1) is 20.3. The van der Waals surface area contributed by atoms with Gasteiger partial charge < -0.3 is 4.74 Å². The third kappa shape index (κ3) is 4.79. The third-order valence-electron chi connectivity index (χ3n) is 4.52. The maximum atomic E-state index is 12.7. The van der Waals surface area contributed by atoms with Gasteiger partial charge in [-0.3, -0.25) is 0 Å². The summed E-state index contributed by atoms with van der Waals surface area (Å²) in [4.78, 5) is 15.0. The second-order valence-corrected chi connectivity index (χ2v) is 8.32. The van der Waals surface area contributed by atoms with E-state index in [1.807, 2.05) is 30.3 Å². The van der Waals surface area contributed by atoms with E-state index < -0.39 is 16.0 Å². The highest BCUT2D eigenvalue weighted by Crippen LogP contribution is 2.21. The van der Waals surface area contributed by atoms with Gasteiger partial charge in [0.1, 0.15) is 5.75 Å². The van der Waals surface area contributed by atoms with Crippen molar-refractivity contribution >= 4 is 33.0 Å². The summed E-state index contributed by atoms with van der Waals surface area (Å²) in [6.07, 6.45) is 1.34. The predicted molar refractivity (Wildman–Crippen MR) is 120 cm³/mol. The van der Waals surface area contributed by atoms with E-state index in [0.29, 0.717) is 16.9 Å². The van der Waals surface area contributed by atoms with Crippen molar-refractivity contribution < 1.29 is 17.9 Å². The van der Waals surface area contributed by atoms with Crippen molar-refractivity contribution in [1.82, 2.24) is 4.83 Å². The zero-order chi connectivity index (χ0) is 21.7. The summed E-state index contributed by atoms with van der Waals surface area (Å²) < 4.78 is 29.9. The summed E-state index contributed by atoms with van der Waals surface area (Å²) in [7, 11) is -3.75. The quantitative estimate of drug-likeness (QED) is 0.213. The molecule has 0 heterocycles. The van der Waals surface area contributed by atoms with E-state index in [4.69, 9.17) is 4.74 Å². The lowest BCUT2D eigenvalue weighted by atomic mass is 10.0. The van der Waals surface area contributed by atoms with Crippen LogP contribution in [-0.4, -0.2) is 20.6 Å². The number of esters is 1. The molecule has 0 saturated carbocycles. The lowest BCUT2D eigenvalue weighted by Gasteiger charge is -2.08. The minimum absolute atomic E-state index is 0.116. The second-order valence-electron chi connectivity index (χ2n) is 6.65. The minimum atomic E-state index is -3.75. The average molecular weight is 430 g/mol. The van der Waals surface area contributed by atoms with Crippen LogP contribution in [0, 0.1) is 0 Å². The number of fused-ring (bicyclic) bond motifs is 1. The molecule has 4 aromatic carbocycles. The average Bonchev–Trinajstić information content (AvgIpc) is 2.79. The highest BCUT2D eigenvalue weighted by atomic mass is 32.2. The van der Waals surface area contributed by atoms with Gasteiger partial charge in [-0.15, -0.1) is 0 Å². The Kier molecular flexibility index (Phi) is 5.77. The number of carbonyl (C=O) groups excluding carboxylic acids is 1. The Labute approximate surface area is 179 Å². The molecule has 0 unspecified atom stereocenters. The van der Waals surface area contributed by atoms with Gasteiger partial charge in [-0.2, -0.15) is 13.5 Å². The maximum Gasteiger partial charge on any atom is 0.344 e. The molecule has 31 heavy (non-hydrogen) atoms. The number of hydrazone groups is 1. The molecule has 0 saturated heterocycles. The number of hydrogen-bond acceptors (Lipinski definition) is 5. The molecule has 154 valence electrons. The SMILES string of the molecule is O=C(Oc1cccc(/C=N\NS(=O)(=O)c2ccccc2)c1)c1cccc2ccccc12. The third-order valence-corrected chi connectivity index (χ3v) is 5.76. The smallest absolute Gasteiger partial charge is 0.344 e. The fourth-order valence-electron chi connectivity index (χ4n) is 3.05. The molecule has 0 fully saturated rings. The van der Waals surface area contributed by atoms with E-state index in [1.54, 1.807) is 54.6 Å². The van der Waals surface area contributed by atoms with Gasteiger partial charge in [-0.05, 0) is 46.7 Å². The van der Waals surface area contributed by atoms with E-state index in [9.17, 15) is 13.2 Å². The molecule has 4 aromatic rings. The van der Waals surface area contributed by atoms with E-state index in [-0.39, 0.29) is 4.90 Å². The summed E-state index contributed by atoms with van der Waals surface area (Å²) >= 11 is 0. The van der Waals surface area contributed by atoms with Crippen molar-refractivity contribution in [3.05, 3.63) is 108 Å². The van der Waals surface area contributed by atoms with Crippen molar-refractivity contribution in [2.75, 3.05) is 0 Å². The fraction of sp³-hybridized carbons (Fsp3) is 0. The van der Waals surface area contributed by atoms with Crippen molar-refractivity contribution in [2.24, 2.45) is 5.10 Å². The van der Waals surface area contributed by atoms with Crippen LogP contribution in [-0.2, 0) is 10.0 Å². The van der Waals surface area contributed by atoms with Gasteiger partial charge in [-0.1, -0.05) is 66.7 Å². The van der Waals surface area contributed by atoms with Crippen LogP contribution in [0.25, 0.3) is 10.8 Å². The molecule has 0 aliphatic heterocycles.